The van der Waals surface area contributed by atoms with Gasteiger partial charge >= 0.3 is 0 Å². The first-order chi connectivity index (χ1) is 11.0. The number of nitrogen functional groups attached to an aromatic ring is 1. The fraction of sp³-hybridized carbons (Fsp3) is 0.125. The zero-order chi connectivity index (χ0) is 16.4. The molecule has 0 radical (unpaired) electrons. The summed E-state index contributed by atoms with van der Waals surface area (Å²) in [5, 5.41) is 3.64. The van der Waals surface area contributed by atoms with Crippen LogP contribution >= 0.6 is 22.9 Å². The number of carbonyl (C=O) groups is 1. The molecule has 118 valence electrons. The summed E-state index contributed by atoms with van der Waals surface area (Å²) in [6.07, 6.45) is 0. The van der Waals surface area contributed by atoms with E-state index < -0.39 is 0 Å². The molecule has 1 aromatic heterocycles. The molecule has 2 aromatic carbocycles. The van der Waals surface area contributed by atoms with Crippen LogP contribution in [0.2, 0.25) is 5.02 Å². The molecule has 0 fully saturated rings. The van der Waals surface area contributed by atoms with Crippen molar-refractivity contribution in [2.45, 2.75) is 6.92 Å². The quantitative estimate of drug-likeness (QED) is 0.751. The van der Waals surface area contributed by atoms with Crippen molar-refractivity contribution in [3.63, 3.8) is 0 Å². The number of benzene rings is 2. The number of amides is 1. The van der Waals surface area contributed by atoms with Crippen LogP contribution in [-0.4, -0.2) is 17.5 Å². The molecular formula is C16H14ClN3O2S. The van der Waals surface area contributed by atoms with E-state index in [2.05, 4.69) is 10.3 Å². The third-order valence-corrected chi connectivity index (χ3v) is 4.26. The first-order valence-electron chi connectivity index (χ1n) is 6.86. The summed E-state index contributed by atoms with van der Waals surface area (Å²) in [7, 11) is 0. The number of hydrogen-bond donors (Lipinski definition) is 2. The van der Waals surface area contributed by atoms with E-state index in [1.54, 1.807) is 12.1 Å². The highest BCUT2D eigenvalue weighted by atomic mass is 35.5. The van der Waals surface area contributed by atoms with Crippen LogP contribution in [0.5, 0.6) is 5.75 Å². The molecule has 3 N–H and O–H groups in total. The maximum atomic E-state index is 12.0. The molecule has 0 saturated carbocycles. The summed E-state index contributed by atoms with van der Waals surface area (Å²) in [5.74, 6) is 0.382. The number of aromatic nitrogens is 1. The molecule has 0 aliphatic carbocycles. The topological polar surface area (TPSA) is 77.2 Å². The van der Waals surface area contributed by atoms with Gasteiger partial charge in [0.2, 0.25) is 0 Å². The number of nitrogens with two attached hydrogens (primary N) is 1. The molecule has 3 rings (SSSR count). The molecule has 0 saturated heterocycles. The zero-order valence-corrected chi connectivity index (χ0v) is 13.9. The summed E-state index contributed by atoms with van der Waals surface area (Å²) >= 11 is 7.47. The van der Waals surface area contributed by atoms with Crippen LogP contribution in [-0.2, 0) is 4.79 Å². The minimum Gasteiger partial charge on any atom is -0.484 e. The molecule has 0 spiro atoms. The van der Waals surface area contributed by atoms with E-state index in [9.17, 15) is 4.79 Å². The lowest BCUT2D eigenvalue weighted by atomic mass is 10.2. The standard InChI is InChI=1S/C16H14ClN3O2S/c1-9-2-4-11(5-3-9)22-8-14(21)19-10-6-12(17)15-13(7-10)23-16(18)20-15/h2-7H,8H2,1H3,(H2,18,20)(H,19,21). The highest BCUT2D eigenvalue weighted by Gasteiger charge is 2.10. The van der Waals surface area contributed by atoms with Crippen LogP contribution in [0.15, 0.2) is 36.4 Å². The van der Waals surface area contributed by atoms with Crippen molar-refractivity contribution in [3.05, 3.63) is 47.0 Å². The summed E-state index contributed by atoms with van der Waals surface area (Å²) in [6.45, 7) is 1.91. The number of carbonyl (C=O) groups excluding carboxylic acids is 1. The van der Waals surface area contributed by atoms with Crippen LogP contribution in [0.4, 0.5) is 10.8 Å². The van der Waals surface area contributed by atoms with Crippen molar-refractivity contribution in [1.82, 2.24) is 4.98 Å². The first kappa shape index (κ1) is 15.6. The number of anilines is 2. The van der Waals surface area contributed by atoms with Crippen LogP contribution in [0.1, 0.15) is 5.56 Å². The molecule has 3 aromatic rings. The van der Waals surface area contributed by atoms with Gasteiger partial charge in [0.1, 0.15) is 11.3 Å². The van der Waals surface area contributed by atoms with Gasteiger partial charge in [0, 0.05) is 5.69 Å². The lowest BCUT2D eigenvalue weighted by Crippen LogP contribution is -2.20. The van der Waals surface area contributed by atoms with Crippen molar-refractivity contribution in [2.75, 3.05) is 17.7 Å². The van der Waals surface area contributed by atoms with Crippen LogP contribution in [0.3, 0.4) is 0 Å². The van der Waals surface area contributed by atoms with E-state index in [0.717, 1.165) is 10.3 Å². The third-order valence-electron chi connectivity index (χ3n) is 3.14. The number of rotatable bonds is 4. The second-order valence-electron chi connectivity index (χ2n) is 5.01. The number of ether oxygens (including phenoxy) is 1. The van der Waals surface area contributed by atoms with Crippen molar-refractivity contribution in [3.8, 4) is 5.75 Å². The van der Waals surface area contributed by atoms with Gasteiger partial charge in [-0.1, -0.05) is 40.6 Å². The fourth-order valence-electron chi connectivity index (χ4n) is 2.06. The predicted octanol–water partition coefficient (Wildman–Crippen LogP) is 3.86. The molecule has 0 aliphatic heterocycles. The van der Waals surface area contributed by atoms with Gasteiger partial charge in [-0.05, 0) is 31.2 Å². The molecule has 0 bridgehead atoms. The normalized spacial score (nSPS) is 10.7. The summed E-state index contributed by atoms with van der Waals surface area (Å²) in [4.78, 5) is 16.1. The number of thiazole rings is 1. The van der Waals surface area contributed by atoms with E-state index in [1.807, 2.05) is 31.2 Å². The molecule has 1 heterocycles. The van der Waals surface area contributed by atoms with Gasteiger partial charge in [-0.2, -0.15) is 0 Å². The Morgan fingerprint density at radius 1 is 1.35 bits per heavy atom. The van der Waals surface area contributed by atoms with E-state index in [4.69, 9.17) is 22.1 Å². The predicted molar refractivity (Wildman–Crippen MR) is 94.3 cm³/mol. The van der Waals surface area contributed by atoms with Crippen molar-refractivity contribution in [2.24, 2.45) is 0 Å². The Morgan fingerprint density at radius 3 is 2.83 bits per heavy atom. The third kappa shape index (κ3) is 3.72. The van der Waals surface area contributed by atoms with Gasteiger partial charge in [-0.15, -0.1) is 0 Å². The summed E-state index contributed by atoms with van der Waals surface area (Å²) in [5.41, 5.74) is 8.04. The molecule has 5 nitrogen and oxygen atoms in total. The number of fused-ring (bicyclic) bond motifs is 1. The second kappa shape index (κ2) is 6.44. The molecule has 0 unspecified atom stereocenters. The maximum absolute atomic E-state index is 12.0. The maximum Gasteiger partial charge on any atom is 0.262 e. The Bertz CT molecular complexity index is 862. The van der Waals surface area contributed by atoms with Gasteiger partial charge in [-0.25, -0.2) is 4.98 Å². The molecule has 0 aliphatic rings. The van der Waals surface area contributed by atoms with Crippen molar-refractivity contribution < 1.29 is 9.53 Å². The summed E-state index contributed by atoms with van der Waals surface area (Å²) < 4.78 is 6.27. The SMILES string of the molecule is Cc1ccc(OCC(=O)Nc2cc(Cl)c3nc(N)sc3c2)cc1. The fourth-order valence-corrected chi connectivity index (χ4v) is 3.18. The van der Waals surface area contributed by atoms with Crippen LogP contribution < -0.4 is 15.8 Å². The molecule has 1 amide bonds. The van der Waals surface area contributed by atoms with Crippen molar-refractivity contribution in [1.29, 1.82) is 0 Å². The van der Waals surface area contributed by atoms with E-state index in [-0.39, 0.29) is 12.5 Å². The van der Waals surface area contributed by atoms with Crippen LogP contribution in [0, 0.1) is 6.92 Å². The highest BCUT2D eigenvalue weighted by Crippen LogP contribution is 2.32. The van der Waals surface area contributed by atoms with E-state index >= 15 is 0 Å². The van der Waals surface area contributed by atoms with Crippen molar-refractivity contribution >= 4 is 49.9 Å². The molecule has 0 atom stereocenters. The number of nitrogens with one attached hydrogen (secondary N) is 1. The molecule has 7 heteroatoms. The average Bonchev–Trinajstić information content (AvgIpc) is 2.88. The lowest BCUT2D eigenvalue weighted by molar-refractivity contribution is -0.118. The minimum atomic E-state index is -0.265. The van der Waals surface area contributed by atoms with Gasteiger partial charge in [0.15, 0.2) is 11.7 Å². The Kier molecular flexibility index (Phi) is 4.36. The molecule has 23 heavy (non-hydrogen) atoms. The lowest BCUT2D eigenvalue weighted by Gasteiger charge is -2.08. The van der Waals surface area contributed by atoms with Gasteiger partial charge in [0.05, 0.1) is 9.72 Å². The van der Waals surface area contributed by atoms with Gasteiger partial charge in [0.25, 0.3) is 5.91 Å². The largest absolute Gasteiger partial charge is 0.484 e. The Labute approximate surface area is 142 Å². The first-order valence-corrected chi connectivity index (χ1v) is 8.05. The second-order valence-corrected chi connectivity index (χ2v) is 6.48. The van der Waals surface area contributed by atoms with E-state index in [0.29, 0.717) is 27.1 Å². The number of hydrogen-bond acceptors (Lipinski definition) is 5. The monoisotopic (exact) mass is 347 g/mol. The Balaban J connectivity index is 1.66. The Morgan fingerprint density at radius 2 is 2.09 bits per heavy atom. The number of halogens is 1. The average molecular weight is 348 g/mol. The van der Waals surface area contributed by atoms with Gasteiger partial charge in [-0.3, -0.25) is 4.79 Å². The minimum absolute atomic E-state index is 0.0798. The highest BCUT2D eigenvalue weighted by molar-refractivity contribution is 7.22. The van der Waals surface area contributed by atoms with Gasteiger partial charge < -0.3 is 15.8 Å². The Hall–Kier alpha value is -2.31. The zero-order valence-electron chi connectivity index (χ0n) is 12.3. The smallest absolute Gasteiger partial charge is 0.262 e. The molecular weight excluding hydrogens is 334 g/mol. The number of aryl methyl sites for hydroxylation is 1. The van der Waals surface area contributed by atoms with Crippen LogP contribution in [0.25, 0.3) is 10.2 Å². The summed E-state index contributed by atoms with van der Waals surface area (Å²) in [6, 6.07) is 10.9. The van der Waals surface area contributed by atoms with E-state index in [1.165, 1.54) is 11.3 Å². The number of nitrogens with zero attached hydrogens (tertiary/aromatic N) is 1.